The van der Waals surface area contributed by atoms with Gasteiger partial charge < -0.3 is 0 Å². The zero-order chi connectivity index (χ0) is 13.1. The van der Waals surface area contributed by atoms with Gasteiger partial charge in [-0.2, -0.15) is 0 Å². The second-order valence-corrected chi connectivity index (χ2v) is 5.26. The molecule has 0 atom stereocenters. The number of halogens is 1. The van der Waals surface area contributed by atoms with Gasteiger partial charge in [-0.1, -0.05) is 41.1 Å². The Bertz CT molecular complexity index is 587. The van der Waals surface area contributed by atoms with E-state index in [9.17, 15) is 4.79 Å². The lowest BCUT2D eigenvalue weighted by Gasteiger charge is -2.07. The third kappa shape index (κ3) is 2.70. The Balaban J connectivity index is 2.41. The summed E-state index contributed by atoms with van der Waals surface area (Å²) in [6.07, 6.45) is 0.945. The predicted octanol–water partition coefficient (Wildman–Crippen LogP) is 4.55. The van der Waals surface area contributed by atoms with Gasteiger partial charge in [0.1, 0.15) is 0 Å². The summed E-state index contributed by atoms with van der Waals surface area (Å²) in [6.45, 7) is 4.05. The number of aryl methyl sites for hydroxylation is 2. The minimum absolute atomic E-state index is 0.0929. The Morgan fingerprint density at radius 3 is 2.61 bits per heavy atom. The zero-order valence-corrected chi connectivity index (χ0v) is 12.1. The summed E-state index contributed by atoms with van der Waals surface area (Å²) in [4.78, 5) is 12.4. The van der Waals surface area contributed by atoms with Gasteiger partial charge in [-0.25, -0.2) is 0 Å². The van der Waals surface area contributed by atoms with Crippen LogP contribution in [0.2, 0.25) is 0 Å². The monoisotopic (exact) mass is 302 g/mol. The van der Waals surface area contributed by atoms with E-state index < -0.39 is 0 Å². The lowest BCUT2D eigenvalue weighted by molar-refractivity contribution is 0.103. The number of carbonyl (C=O) groups is 1. The van der Waals surface area contributed by atoms with Crippen LogP contribution in [0, 0.1) is 6.92 Å². The molecule has 0 saturated carbocycles. The molecule has 0 saturated heterocycles. The Morgan fingerprint density at radius 2 is 1.94 bits per heavy atom. The van der Waals surface area contributed by atoms with E-state index in [2.05, 4.69) is 22.9 Å². The third-order valence-corrected chi connectivity index (χ3v) is 3.52. The first-order valence-corrected chi connectivity index (χ1v) is 6.81. The minimum Gasteiger partial charge on any atom is -0.289 e. The maximum atomic E-state index is 12.4. The van der Waals surface area contributed by atoms with E-state index in [-0.39, 0.29) is 5.78 Å². The summed E-state index contributed by atoms with van der Waals surface area (Å²) in [5, 5.41) is 0. The average Bonchev–Trinajstić information content (AvgIpc) is 2.38. The topological polar surface area (TPSA) is 17.1 Å². The number of benzene rings is 2. The van der Waals surface area contributed by atoms with Gasteiger partial charge in [0, 0.05) is 15.6 Å². The maximum absolute atomic E-state index is 12.4. The molecule has 92 valence electrons. The van der Waals surface area contributed by atoms with Crippen LogP contribution in [0.5, 0.6) is 0 Å². The van der Waals surface area contributed by atoms with Crippen molar-refractivity contribution in [3.05, 3.63) is 69.2 Å². The number of ketones is 1. The van der Waals surface area contributed by atoms with E-state index in [1.807, 2.05) is 49.4 Å². The molecule has 0 bridgehead atoms. The van der Waals surface area contributed by atoms with E-state index >= 15 is 0 Å². The number of rotatable bonds is 3. The molecule has 0 spiro atoms. The van der Waals surface area contributed by atoms with Crippen molar-refractivity contribution in [1.82, 2.24) is 0 Å². The van der Waals surface area contributed by atoms with Gasteiger partial charge in [-0.15, -0.1) is 0 Å². The molecular weight excluding hydrogens is 288 g/mol. The molecule has 2 heteroatoms. The minimum atomic E-state index is 0.0929. The molecule has 0 amide bonds. The Hall–Kier alpha value is -1.41. The Kier molecular flexibility index (Phi) is 3.97. The van der Waals surface area contributed by atoms with Crippen LogP contribution in [0.1, 0.15) is 34.0 Å². The van der Waals surface area contributed by atoms with Crippen molar-refractivity contribution in [2.75, 3.05) is 0 Å². The zero-order valence-electron chi connectivity index (χ0n) is 10.5. The van der Waals surface area contributed by atoms with Crippen molar-refractivity contribution >= 4 is 21.7 Å². The lowest BCUT2D eigenvalue weighted by Crippen LogP contribution is -2.04. The van der Waals surface area contributed by atoms with Crippen LogP contribution in [0.25, 0.3) is 0 Å². The smallest absolute Gasteiger partial charge is 0.193 e. The number of hydrogen-bond donors (Lipinski definition) is 0. The van der Waals surface area contributed by atoms with Gasteiger partial charge in [-0.05, 0) is 48.7 Å². The summed E-state index contributed by atoms with van der Waals surface area (Å²) in [5.41, 5.74) is 3.72. The lowest BCUT2D eigenvalue weighted by atomic mass is 9.97. The average molecular weight is 303 g/mol. The first-order valence-electron chi connectivity index (χ1n) is 6.01. The SMILES string of the molecule is CCc1cccc(C(=O)c2ccc(Br)cc2C)c1. The van der Waals surface area contributed by atoms with Gasteiger partial charge in [0.05, 0.1) is 0 Å². The molecule has 18 heavy (non-hydrogen) atoms. The van der Waals surface area contributed by atoms with Crippen LogP contribution in [-0.2, 0) is 6.42 Å². The van der Waals surface area contributed by atoms with E-state index in [0.29, 0.717) is 0 Å². The van der Waals surface area contributed by atoms with Crippen LogP contribution in [0.4, 0.5) is 0 Å². The molecule has 0 unspecified atom stereocenters. The van der Waals surface area contributed by atoms with E-state index in [1.54, 1.807) is 0 Å². The quantitative estimate of drug-likeness (QED) is 0.760. The van der Waals surface area contributed by atoms with Gasteiger partial charge in [0.15, 0.2) is 5.78 Å². The number of carbonyl (C=O) groups excluding carboxylic acids is 1. The second-order valence-electron chi connectivity index (χ2n) is 4.34. The molecule has 0 aromatic heterocycles. The molecule has 2 aromatic carbocycles. The van der Waals surface area contributed by atoms with Crippen LogP contribution in [-0.4, -0.2) is 5.78 Å². The van der Waals surface area contributed by atoms with Crippen molar-refractivity contribution < 1.29 is 4.79 Å². The molecule has 0 fully saturated rings. The highest BCUT2D eigenvalue weighted by Crippen LogP contribution is 2.19. The van der Waals surface area contributed by atoms with Crippen molar-refractivity contribution in [3.63, 3.8) is 0 Å². The highest BCUT2D eigenvalue weighted by molar-refractivity contribution is 9.10. The molecule has 2 aromatic rings. The fourth-order valence-corrected chi connectivity index (χ4v) is 2.45. The number of hydrogen-bond acceptors (Lipinski definition) is 1. The molecule has 0 heterocycles. The molecule has 0 N–H and O–H groups in total. The normalized spacial score (nSPS) is 10.4. The van der Waals surface area contributed by atoms with Gasteiger partial charge >= 0.3 is 0 Å². The summed E-state index contributed by atoms with van der Waals surface area (Å²) in [7, 11) is 0. The van der Waals surface area contributed by atoms with Crippen molar-refractivity contribution in [2.45, 2.75) is 20.3 Å². The van der Waals surface area contributed by atoms with Crippen LogP contribution in [0.15, 0.2) is 46.9 Å². The van der Waals surface area contributed by atoms with Crippen molar-refractivity contribution in [1.29, 1.82) is 0 Å². The molecule has 2 rings (SSSR count). The summed E-state index contributed by atoms with van der Waals surface area (Å²) in [5.74, 6) is 0.0929. The third-order valence-electron chi connectivity index (χ3n) is 3.03. The van der Waals surface area contributed by atoms with Crippen LogP contribution in [0.3, 0.4) is 0 Å². The molecule has 0 aliphatic carbocycles. The van der Waals surface area contributed by atoms with Gasteiger partial charge in [-0.3, -0.25) is 4.79 Å². The molecular formula is C16H15BrO. The highest BCUT2D eigenvalue weighted by atomic mass is 79.9. The van der Waals surface area contributed by atoms with E-state index in [4.69, 9.17) is 0 Å². The van der Waals surface area contributed by atoms with Crippen LogP contribution >= 0.6 is 15.9 Å². The first-order chi connectivity index (χ1) is 8.61. The standard InChI is InChI=1S/C16H15BrO/c1-3-12-5-4-6-13(10-12)16(18)15-8-7-14(17)9-11(15)2/h4-10H,3H2,1-2H3. The summed E-state index contributed by atoms with van der Waals surface area (Å²) >= 11 is 3.41. The van der Waals surface area contributed by atoms with Crippen molar-refractivity contribution in [3.8, 4) is 0 Å². The summed E-state index contributed by atoms with van der Waals surface area (Å²) in [6, 6.07) is 13.6. The Morgan fingerprint density at radius 1 is 1.17 bits per heavy atom. The molecule has 0 aliphatic rings. The van der Waals surface area contributed by atoms with E-state index in [1.165, 1.54) is 5.56 Å². The maximum Gasteiger partial charge on any atom is 0.193 e. The largest absolute Gasteiger partial charge is 0.289 e. The fourth-order valence-electron chi connectivity index (χ4n) is 1.97. The highest BCUT2D eigenvalue weighted by Gasteiger charge is 2.11. The van der Waals surface area contributed by atoms with E-state index in [0.717, 1.165) is 27.6 Å². The second kappa shape index (κ2) is 5.49. The van der Waals surface area contributed by atoms with Crippen molar-refractivity contribution in [2.24, 2.45) is 0 Å². The summed E-state index contributed by atoms with van der Waals surface area (Å²) < 4.78 is 0.999. The van der Waals surface area contributed by atoms with Gasteiger partial charge in [0.2, 0.25) is 0 Å². The predicted molar refractivity (Wildman–Crippen MR) is 78.1 cm³/mol. The molecule has 0 aliphatic heterocycles. The fraction of sp³-hybridized carbons (Fsp3) is 0.188. The molecule has 1 nitrogen and oxygen atoms in total. The molecule has 0 radical (unpaired) electrons. The van der Waals surface area contributed by atoms with Crippen LogP contribution < -0.4 is 0 Å². The Labute approximate surface area is 116 Å². The first kappa shape index (κ1) is 13.0. The van der Waals surface area contributed by atoms with Gasteiger partial charge in [0.25, 0.3) is 0 Å².